The van der Waals surface area contributed by atoms with Gasteiger partial charge in [0.1, 0.15) is 0 Å². The van der Waals surface area contributed by atoms with Gasteiger partial charge in [-0.05, 0) is 6.07 Å². The van der Waals surface area contributed by atoms with Gasteiger partial charge in [0.15, 0.2) is 5.65 Å². The summed E-state index contributed by atoms with van der Waals surface area (Å²) in [5, 5.41) is 12.8. The van der Waals surface area contributed by atoms with E-state index in [1.165, 1.54) is 0 Å². The standard InChI is InChI=1S/C7H8N4O/c8-7-9-6-5(4-12)2-1-3-11(6)10-7/h1-3,12H,4H2,(H2,8,10). The Morgan fingerprint density at radius 1 is 1.58 bits per heavy atom. The zero-order valence-corrected chi connectivity index (χ0v) is 6.31. The first-order valence-electron chi connectivity index (χ1n) is 3.52. The van der Waals surface area contributed by atoms with Crippen molar-refractivity contribution in [3.8, 4) is 0 Å². The number of hydrogen-bond donors (Lipinski definition) is 2. The van der Waals surface area contributed by atoms with Gasteiger partial charge in [-0.15, -0.1) is 5.10 Å². The molecule has 0 bridgehead atoms. The highest BCUT2D eigenvalue weighted by Crippen LogP contribution is 2.08. The van der Waals surface area contributed by atoms with Crippen LogP contribution in [0.5, 0.6) is 0 Å². The number of aliphatic hydroxyl groups excluding tert-OH is 1. The van der Waals surface area contributed by atoms with Crippen LogP contribution in [-0.4, -0.2) is 19.7 Å². The van der Waals surface area contributed by atoms with Crippen LogP contribution in [0.15, 0.2) is 18.3 Å². The lowest BCUT2D eigenvalue weighted by molar-refractivity contribution is 0.282. The molecule has 0 aliphatic carbocycles. The van der Waals surface area contributed by atoms with E-state index in [1.807, 2.05) is 0 Å². The quantitative estimate of drug-likeness (QED) is 0.612. The molecule has 0 fully saturated rings. The number of nitrogens with zero attached hydrogens (tertiary/aromatic N) is 3. The number of anilines is 1. The number of aliphatic hydroxyl groups is 1. The maximum absolute atomic E-state index is 8.92. The highest BCUT2D eigenvalue weighted by atomic mass is 16.3. The number of nitrogen functional groups attached to an aromatic ring is 1. The number of hydrogen-bond acceptors (Lipinski definition) is 4. The first-order valence-corrected chi connectivity index (χ1v) is 3.52. The average Bonchev–Trinajstić information content (AvgIpc) is 2.44. The fraction of sp³-hybridized carbons (Fsp3) is 0.143. The van der Waals surface area contributed by atoms with Crippen molar-refractivity contribution in [1.29, 1.82) is 0 Å². The Hall–Kier alpha value is -1.62. The number of fused-ring (bicyclic) bond motifs is 1. The van der Waals surface area contributed by atoms with Gasteiger partial charge in [-0.1, -0.05) is 6.07 Å². The molecule has 0 amide bonds. The second-order valence-corrected chi connectivity index (χ2v) is 2.43. The van der Waals surface area contributed by atoms with Crippen LogP contribution in [0.1, 0.15) is 5.56 Å². The van der Waals surface area contributed by atoms with Crippen LogP contribution in [0.25, 0.3) is 5.65 Å². The van der Waals surface area contributed by atoms with E-state index >= 15 is 0 Å². The van der Waals surface area contributed by atoms with Crippen molar-refractivity contribution >= 4 is 11.6 Å². The van der Waals surface area contributed by atoms with E-state index in [2.05, 4.69) is 10.1 Å². The zero-order valence-electron chi connectivity index (χ0n) is 6.31. The Kier molecular flexibility index (Phi) is 1.44. The van der Waals surface area contributed by atoms with E-state index in [9.17, 15) is 0 Å². The van der Waals surface area contributed by atoms with Crippen LogP contribution >= 0.6 is 0 Å². The molecular formula is C7H8N4O. The van der Waals surface area contributed by atoms with Crippen molar-refractivity contribution in [3.05, 3.63) is 23.9 Å². The van der Waals surface area contributed by atoms with Crippen molar-refractivity contribution < 1.29 is 5.11 Å². The Morgan fingerprint density at radius 3 is 3.17 bits per heavy atom. The van der Waals surface area contributed by atoms with Crippen molar-refractivity contribution in [2.24, 2.45) is 0 Å². The number of rotatable bonds is 1. The second kappa shape index (κ2) is 2.46. The molecule has 0 saturated carbocycles. The van der Waals surface area contributed by atoms with E-state index in [-0.39, 0.29) is 12.6 Å². The summed E-state index contributed by atoms with van der Waals surface area (Å²) in [4.78, 5) is 3.95. The Labute approximate surface area is 68.5 Å². The fourth-order valence-electron chi connectivity index (χ4n) is 1.10. The minimum absolute atomic E-state index is 0.0531. The molecule has 2 aromatic heterocycles. The van der Waals surface area contributed by atoms with Gasteiger partial charge in [-0.25, -0.2) is 4.52 Å². The Bertz CT molecular complexity index is 409. The summed E-state index contributed by atoms with van der Waals surface area (Å²) in [5.41, 5.74) is 6.72. The smallest absolute Gasteiger partial charge is 0.240 e. The normalized spacial score (nSPS) is 10.8. The molecule has 12 heavy (non-hydrogen) atoms. The SMILES string of the molecule is Nc1nc2c(CO)cccn2n1. The van der Waals surface area contributed by atoms with Crippen LogP contribution in [0.3, 0.4) is 0 Å². The fourth-order valence-corrected chi connectivity index (χ4v) is 1.10. The first-order chi connectivity index (χ1) is 5.81. The van der Waals surface area contributed by atoms with Crippen LogP contribution in [0.4, 0.5) is 5.95 Å². The van der Waals surface area contributed by atoms with Gasteiger partial charge in [-0.2, -0.15) is 4.98 Å². The van der Waals surface area contributed by atoms with Gasteiger partial charge in [0, 0.05) is 11.8 Å². The van der Waals surface area contributed by atoms with Crippen molar-refractivity contribution in [1.82, 2.24) is 14.6 Å². The molecule has 2 rings (SSSR count). The van der Waals surface area contributed by atoms with E-state index in [0.717, 1.165) is 5.56 Å². The molecule has 2 aromatic rings. The minimum Gasteiger partial charge on any atom is -0.392 e. The van der Waals surface area contributed by atoms with Crippen LogP contribution in [0.2, 0.25) is 0 Å². The van der Waals surface area contributed by atoms with Gasteiger partial charge in [0.25, 0.3) is 0 Å². The van der Waals surface area contributed by atoms with E-state index in [1.54, 1.807) is 22.8 Å². The molecule has 2 heterocycles. The number of nitrogens with two attached hydrogens (primary N) is 1. The summed E-state index contributed by atoms with van der Waals surface area (Å²) in [7, 11) is 0. The third kappa shape index (κ3) is 0.911. The lowest BCUT2D eigenvalue weighted by Crippen LogP contribution is -1.92. The van der Waals surface area contributed by atoms with Crippen LogP contribution in [0, 0.1) is 0 Å². The van der Waals surface area contributed by atoms with Crippen LogP contribution in [-0.2, 0) is 6.61 Å². The summed E-state index contributed by atoms with van der Waals surface area (Å²) < 4.78 is 1.54. The molecule has 0 saturated heterocycles. The van der Waals surface area contributed by atoms with Crippen LogP contribution < -0.4 is 5.73 Å². The predicted molar refractivity (Wildman–Crippen MR) is 43.3 cm³/mol. The molecule has 5 nitrogen and oxygen atoms in total. The highest BCUT2D eigenvalue weighted by molar-refractivity contribution is 5.49. The molecule has 0 spiro atoms. The molecule has 3 N–H and O–H groups in total. The number of aromatic nitrogens is 3. The molecule has 0 aliphatic heterocycles. The van der Waals surface area contributed by atoms with Gasteiger partial charge in [0.05, 0.1) is 6.61 Å². The van der Waals surface area contributed by atoms with E-state index < -0.39 is 0 Å². The largest absolute Gasteiger partial charge is 0.392 e. The molecule has 0 aliphatic rings. The lowest BCUT2D eigenvalue weighted by atomic mass is 10.3. The second-order valence-electron chi connectivity index (χ2n) is 2.43. The summed E-state index contributed by atoms with van der Waals surface area (Å²) in [5.74, 6) is 0.218. The summed E-state index contributed by atoms with van der Waals surface area (Å²) >= 11 is 0. The summed E-state index contributed by atoms with van der Waals surface area (Å²) in [6.45, 7) is -0.0531. The Morgan fingerprint density at radius 2 is 2.42 bits per heavy atom. The van der Waals surface area contributed by atoms with Gasteiger partial charge in [0.2, 0.25) is 5.95 Å². The third-order valence-electron chi connectivity index (χ3n) is 1.63. The van der Waals surface area contributed by atoms with Gasteiger partial charge in [-0.3, -0.25) is 0 Å². The minimum atomic E-state index is -0.0531. The molecule has 5 heteroatoms. The molecule has 0 aromatic carbocycles. The van der Waals surface area contributed by atoms with Crippen molar-refractivity contribution in [3.63, 3.8) is 0 Å². The lowest BCUT2D eigenvalue weighted by Gasteiger charge is -1.95. The van der Waals surface area contributed by atoms with E-state index in [0.29, 0.717) is 5.65 Å². The Balaban J connectivity index is 2.78. The highest BCUT2D eigenvalue weighted by Gasteiger charge is 2.03. The maximum atomic E-state index is 8.92. The van der Waals surface area contributed by atoms with Gasteiger partial charge >= 0.3 is 0 Å². The number of pyridine rings is 1. The van der Waals surface area contributed by atoms with E-state index in [4.69, 9.17) is 10.8 Å². The molecular weight excluding hydrogens is 156 g/mol. The third-order valence-corrected chi connectivity index (χ3v) is 1.63. The topological polar surface area (TPSA) is 76.4 Å². The van der Waals surface area contributed by atoms with Crippen molar-refractivity contribution in [2.75, 3.05) is 5.73 Å². The molecule has 0 atom stereocenters. The molecule has 0 radical (unpaired) electrons. The molecule has 0 unspecified atom stereocenters. The predicted octanol–water partition coefficient (Wildman–Crippen LogP) is -0.196. The van der Waals surface area contributed by atoms with Gasteiger partial charge < -0.3 is 10.8 Å². The molecule has 62 valence electrons. The summed E-state index contributed by atoms with van der Waals surface area (Å²) in [6, 6.07) is 3.57. The summed E-state index contributed by atoms with van der Waals surface area (Å²) in [6.07, 6.45) is 1.73. The monoisotopic (exact) mass is 164 g/mol. The van der Waals surface area contributed by atoms with Crippen molar-refractivity contribution in [2.45, 2.75) is 6.61 Å². The first kappa shape index (κ1) is 7.05. The zero-order chi connectivity index (χ0) is 8.55. The average molecular weight is 164 g/mol. The maximum Gasteiger partial charge on any atom is 0.240 e.